The molecule has 9 heteroatoms. The Balaban J connectivity index is 1.54. The van der Waals surface area contributed by atoms with Gasteiger partial charge in [0.1, 0.15) is 0 Å². The van der Waals surface area contributed by atoms with Crippen molar-refractivity contribution < 1.29 is 8.42 Å². The first kappa shape index (κ1) is 21.4. The molecular formula is C22H23N5O2S2. The Morgan fingerprint density at radius 2 is 1.71 bits per heavy atom. The SMILES string of the molecule is Cc1ccc(S(=O)(=O)Cn2nnnc2CN(Cc2ccccc2)Cc2cccs2)cc1. The van der Waals surface area contributed by atoms with Gasteiger partial charge < -0.3 is 0 Å². The molecular weight excluding hydrogens is 430 g/mol. The van der Waals surface area contributed by atoms with Crippen molar-refractivity contribution in [2.45, 2.75) is 37.3 Å². The van der Waals surface area contributed by atoms with Gasteiger partial charge in [0.15, 0.2) is 21.5 Å². The molecule has 0 atom stereocenters. The van der Waals surface area contributed by atoms with Crippen LogP contribution < -0.4 is 0 Å². The number of nitrogens with zero attached hydrogens (tertiary/aromatic N) is 5. The van der Waals surface area contributed by atoms with Crippen molar-refractivity contribution in [1.29, 1.82) is 0 Å². The number of hydrogen-bond donors (Lipinski definition) is 0. The molecule has 0 saturated heterocycles. The van der Waals surface area contributed by atoms with Gasteiger partial charge in [-0.15, -0.1) is 16.4 Å². The van der Waals surface area contributed by atoms with E-state index in [2.05, 4.69) is 38.6 Å². The number of aryl methyl sites for hydroxylation is 1. The summed E-state index contributed by atoms with van der Waals surface area (Å²) in [5.41, 5.74) is 2.18. The average molecular weight is 454 g/mol. The molecule has 0 aliphatic carbocycles. The highest BCUT2D eigenvalue weighted by molar-refractivity contribution is 7.90. The van der Waals surface area contributed by atoms with Crippen LogP contribution in [0, 0.1) is 6.92 Å². The van der Waals surface area contributed by atoms with Crippen LogP contribution in [0.15, 0.2) is 77.0 Å². The summed E-state index contributed by atoms with van der Waals surface area (Å²) in [5.74, 6) is 0.222. The second-order valence-electron chi connectivity index (χ2n) is 7.36. The van der Waals surface area contributed by atoms with E-state index in [1.807, 2.05) is 36.6 Å². The number of tetrazole rings is 1. The summed E-state index contributed by atoms with van der Waals surface area (Å²) >= 11 is 1.69. The molecule has 4 aromatic rings. The molecule has 7 nitrogen and oxygen atoms in total. The van der Waals surface area contributed by atoms with Gasteiger partial charge in [-0.05, 0) is 46.5 Å². The quantitative estimate of drug-likeness (QED) is 0.385. The molecule has 160 valence electrons. The van der Waals surface area contributed by atoms with Gasteiger partial charge in [0.2, 0.25) is 0 Å². The molecule has 0 N–H and O–H groups in total. The zero-order valence-corrected chi connectivity index (χ0v) is 18.8. The van der Waals surface area contributed by atoms with Gasteiger partial charge in [0.05, 0.1) is 11.4 Å². The summed E-state index contributed by atoms with van der Waals surface area (Å²) < 4.78 is 27.1. The largest absolute Gasteiger partial charge is 0.287 e. The highest BCUT2D eigenvalue weighted by Crippen LogP contribution is 2.18. The number of rotatable bonds is 9. The summed E-state index contributed by atoms with van der Waals surface area (Å²) in [5, 5.41) is 13.9. The van der Waals surface area contributed by atoms with Gasteiger partial charge in [-0.3, -0.25) is 4.90 Å². The molecule has 0 aliphatic rings. The first-order valence-corrected chi connectivity index (χ1v) is 12.4. The van der Waals surface area contributed by atoms with E-state index in [-0.39, 0.29) is 10.8 Å². The van der Waals surface area contributed by atoms with E-state index in [1.54, 1.807) is 35.6 Å². The first-order valence-electron chi connectivity index (χ1n) is 9.83. The number of aromatic nitrogens is 4. The van der Waals surface area contributed by atoms with Crippen molar-refractivity contribution in [3.8, 4) is 0 Å². The van der Waals surface area contributed by atoms with Crippen LogP contribution in [0.5, 0.6) is 0 Å². The first-order chi connectivity index (χ1) is 15.0. The van der Waals surface area contributed by atoms with Gasteiger partial charge in [-0.1, -0.05) is 54.1 Å². The van der Waals surface area contributed by atoms with Crippen molar-refractivity contribution >= 4 is 21.2 Å². The number of sulfone groups is 1. The summed E-state index contributed by atoms with van der Waals surface area (Å²) in [6.45, 7) is 3.79. The summed E-state index contributed by atoms with van der Waals surface area (Å²) in [7, 11) is -3.56. The van der Waals surface area contributed by atoms with E-state index in [4.69, 9.17) is 0 Å². The average Bonchev–Trinajstić information content (AvgIpc) is 3.41. The summed E-state index contributed by atoms with van der Waals surface area (Å²) in [6.07, 6.45) is 0. The van der Waals surface area contributed by atoms with Crippen molar-refractivity contribution in [2.75, 3.05) is 0 Å². The second kappa shape index (κ2) is 9.51. The van der Waals surface area contributed by atoms with Crippen LogP contribution in [0.1, 0.15) is 21.8 Å². The second-order valence-corrected chi connectivity index (χ2v) is 10.4. The maximum Gasteiger partial charge on any atom is 0.198 e. The van der Waals surface area contributed by atoms with Crippen LogP contribution in [0.2, 0.25) is 0 Å². The van der Waals surface area contributed by atoms with E-state index < -0.39 is 9.84 Å². The Hall–Kier alpha value is -2.88. The third-order valence-electron chi connectivity index (χ3n) is 4.85. The lowest BCUT2D eigenvalue weighted by molar-refractivity contribution is 0.239. The van der Waals surface area contributed by atoms with Crippen LogP contribution in [0.25, 0.3) is 0 Å². The molecule has 2 aromatic carbocycles. The zero-order valence-electron chi connectivity index (χ0n) is 17.1. The van der Waals surface area contributed by atoms with E-state index >= 15 is 0 Å². The topological polar surface area (TPSA) is 81.0 Å². The zero-order chi connectivity index (χ0) is 21.7. The normalized spacial score (nSPS) is 11.8. The Morgan fingerprint density at radius 1 is 0.935 bits per heavy atom. The van der Waals surface area contributed by atoms with Crippen molar-refractivity contribution in [1.82, 2.24) is 25.1 Å². The minimum atomic E-state index is -3.56. The van der Waals surface area contributed by atoms with Crippen molar-refractivity contribution in [3.05, 3.63) is 93.9 Å². The predicted molar refractivity (Wildman–Crippen MR) is 120 cm³/mol. The van der Waals surface area contributed by atoms with E-state index in [0.29, 0.717) is 18.9 Å². The van der Waals surface area contributed by atoms with Gasteiger partial charge in [0, 0.05) is 18.0 Å². The Bertz CT molecular complexity index is 1200. The molecule has 2 heterocycles. The van der Waals surface area contributed by atoms with Crippen LogP contribution in [0.3, 0.4) is 0 Å². The molecule has 0 saturated carbocycles. The standard InChI is InChI=1S/C22H23N5O2S2/c1-18-9-11-21(12-10-18)31(28,29)17-27-22(23-24-25-27)16-26(15-20-8-5-13-30-20)14-19-6-3-2-4-7-19/h2-13H,14-17H2,1H3. The maximum absolute atomic E-state index is 12.9. The fourth-order valence-corrected chi connectivity index (χ4v) is 5.22. The molecule has 0 fully saturated rings. The van der Waals surface area contributed by atoms with Crippen LogP contribution in [-0.4, -0.2) is 33.5 Å². The van der Waals surface area contributed by atoms with Crippen LogP contribution >= 0.6 is 11.3 Å². The highest BCUT2D eigenvalue weighted by atomic mass is 32.2. The Labute approximate surface area is 185 Å². The van der Waals surface area contributed by atoms with Gasteiger partial charge in [0.25, 0.3) is 0 Å². The van der Waals surface area contributed by atoms with Gasteiger partial charge >= 0.3 is 0 Å². The predicted octanol–water partition coefficient (Wildman–Crippen LogP) is 3.68. The minimum absolute atomic E-state index is 0.263. The van der Waals surface area contributed by atoms with E-state index in [0.717, 1.165) is 12.1 Å². The van der Waals surface area contributed by atoms with Gasteiger partial charge in [-0.25, -0.2) is 13.1 Å². The van der Waals surface area contributed by atoms with E-state index in [9.17, 15) is 8.42 Å². The molecule has 0 aliphatic heterocycles. The summed E-state index contributed by atoms with van der Waals surface area (Å²) in [6, 6.07) is 21.1. The number of benzene rings is 2. The number of thiophene rings is 1. The molecule has 0 spiro atoms. The molecule has 31 heavy (non-hydrogen) atoms. The smallest absolute Gasteiger partial charge is 0.198 e. The molecule has 0 amide bonds. The Kier molecular flexibility index (Phi) is 6.55. The summed E-state index contributed by atoms with van der Waals surface area (Å²) in [4.78, 5) is 3.70. The van der Waals surface area contributed by atoms with Crippen LogP contribution in [-0.2, 0) is 35.3 Å². The number of hydrogen-bond acceptors (Lipinski definition) is 7. The Morgan fingerprint density at radius 3 is 2.42 bits per heavy atom. The monoisotopic (exact) mass is 453 g/mol. The van der Waals surface area contributed by atoms with Crippen LogP contribution in [0.4, 0.5) is 0 Å². The minimum Gasteiger partial charge on any atom is -0.287 e. The van der Waals surface area contributed by atoms with Gasteiger partial charge in [-0.2, -0.15) is 0 Å². The molecule has 4 rings (SSSR count). The molecule has 2 aromatic heterocycles. The third kappa shape index (κ3) is 5.63. The molecule has 0 unspecified atom stereocenters. The molecule has 0 bridgehead atoms. The fourth-order valence-electron chi connectivity index (χ4n) is 3.25. The lowest BCUT2D eigenvalue weighted by Gasteiger charge is -2.21. The molecule has 0 radical (unpaired) electrons. The van der Waals surface area contributed by atoms with Crippen molar-refractivity contribution in [2.24, 2.45) is 0 Å². The lowest BCUT2D eigenvalue weighted by Crippen LogP contribution is -2.25. The van der Waals surface area contributed by atoms with E-state index in [1.165, 1.54) is 15.1 Å². The third-order valence-corrected chi connectivity index (χ3v) is 7.29. The fraction of sp³-hybridized carbons (Fsp3) is 0.227. The maximum atomic E-state index is 12.9. The van der Waals surface area contributed by atoms with Crippen molar-refractivity contribution in [3.63, 3.8) is 0 Å². The lowest BCUT2D eigenvalue weighted by atomic mass is 10.2. The highest BCUT2D eigenvalue weighted by Gasteiger charge is 2.20.